The lowest BCUT2D eigenvalue weighted by atomic mass is 10.0. The lowest BCUT2D eigenvalue weighted by molar-refractivity contribution is 0.748. The summed E-state index contributed by atoms with van der Waals surface area (Å²) in [5, 5.41) is 9.16. The van der Waals surface area contributed by atoms with Crippen LogP contribution in [0.3, 0.4) is 0 Å². The van der Waals surface area contributed by atoms with Crippen LogP contribution < -0.4 is 5.73 Å². The molecule has 0 unspecified atom stereocenters. The summed E-state index contributed by atoms with van der Waals surface area (Å²) in [6.45, 7) is 1.93. The number of nitrogens with zero attached hydrogens (tertiary/aromatic N) is 1. The molecule has 2 nitrogen and oxygen atoms in total. The first kappa shape index (κ1) is 13.2. The van der Waals surface area contributed by atoms with Gasteiger partial charge in [0.15, 0.2) is 0 Å². The summed E-state index contributed by atoms with van der Waals surface area (Å²) in [6, 6.07) is 7.43. The molecule has 1 rings (SSSR count). The fourth-order valence-electron chi connectivity index (χ4n) is 1.06. The van der Waals surface area contributed by atoms with Crippen LogP contribution in [0.1, 0.15) is 23.6 Å². The van der Waals surface area contributed by atoms with E-state index in [1.54, 1.807) is 0 Å². The van der Waals surface area contributed by atoms with Crippen molar-refractivity contribution in [3.63, 3.8) is 0 Å². The van der Waals surface area contributed by atoms with Crippen LogP contribution in [0.2, 0.25) is 5.02 Å². The smallest absolute Gasteiger partial charge is 0.0641 e. The predicted octanol–water partition coefficient (Wildman–Crippen LogP) is 2.98. The monoisotopic (exact) mass is 230 g/mol. The van der Waals surface area contributed by atoms with Gasteiger partial charge in [-0.25, -0.2) is 0 Å². The van der Waals surface area contributed by atoms with Crippen molar-refractivity contribution in [3.8, 4) is 6.07 Å². The van der Waals surface area contributed by atoms with Crippen LogP contribution in [0.15, 0.2) is 18.2 Å². The van der Waals surface area contributed by atoms with Gasteiger partial charge in [0.2, 0.25) is 0 Å². The van der Waals surface area contributed by atoms with Crippen molar-refractivity contribution in [3.05, 3.63) is 34.3 Å². The second-order valence-electron chi connectivity index (χ2n) is 2.98. The highest BCUT2D eigenvalue weighted by molar-refractivity contribution is 6.31. The van der Waals surface area contributed by atoms with Gasteiger partial charge in [-0.1, -0.05) is 23.7 Å². The van der Waals surface area contributed by atoms with E-state index in [0.717, 1.165) is 11.1 Å². The standard InChI is InChI=1S/C10H11ClN2.ClH/c1-7-2-3-8(6-9(7)11)10(13)4-5-12;/h2-3,6,10H,4,13H2,1H3;1H/t10-;/m0./s1. The highest BCUT2D eigenvalue weighted by Crippen LogP contribution is 2.21. The number of halogens is 2. The van der Waals surface area contributed by atoms with Gasteiger partial charge in [-0.05, 0) is 24.1 Å². The first-order valence-electron chi connectivity index (χ1n) is 4.03. The van der Waals surface area contributed by atoms with Gasteiger partial charge in [-0.2, -0.15) is 5.26 Å². The largest absolute Gasteiger partial charge is 0.323 e. The summed E-state index contributed by atoms with van der Waals surface area (Å²) < 4.78 is 0. The number of hydrogen-bond donors (Lipinski definition) is 1. The third kappa shape index (κ3) is 3.19. The molecular weight excluding hydrogens is 219 g/mol. The maximum atomic E-state index is 8.46. The number of rotatable bonds is 2. The second kappa shape index (κ2) is 5.87. The molecule has 4 heteroatoms. The van der Waals surface area contributed by atoms with Crippen molar-refractivity contribution in [1.29, 1.82) is 5.26 Å². The maximum absolute atomic E-state index is 8.46. The van der Waals surface area contributed by atoms with E-state index in [1.807, 2.05) is 31.2 Å². The van der Waals surface area contributed by atoms with Crippen LogP contribution in [0, 0.1) is 18.3 Å². The maximum Gasteiger partial charge on any atom is 0.0641 e. The SMILES string of the molecule is Cc1ccc([C@@H](N)CC#N)cc1Cl.Cl. The van der Waals surface area contributed by atoms with Gasteiger partial charge in [0.25, 0.3) is 0 Å². The average Bonchev–Trinajstić information content (AvgIpc) is 2.10. The molecule has 0 aromatic heterocycles. The van der Waals surface area contributed by atoms with Crippen molar-refractivity contribution in [2.45, 2.75) is 19.4 Å². The zero-order chi connectivity index (χ0) is 9.84. The van der Waals surface area contributed by atoms with Gasteiger partial charge in [0.05, 0.1) is 12.5 Å². The highest BCUT2D eigenvalue weighted by Gasteiger charge is 2.06. The second-order valence-corrected chi connectivity index (χ2v) is 3.38. The van der Waals surface area contributed by atoms with Gasteiger partial charge in [0.1, 0.15) is 0 Å². The molecule has 1 atom stereocenters. The number of aryl methyl sites for hydroxylation is 1. The van der Waals surface area contributed by atoms with E-state index >= 15 is 0 Å². The molecule has 0 radical (unpaired) electrons. The van der Waals surface area contributed by atoms with Crippen LogP contribution in [0.25, 0.3) is 0 Å². The summed E-state index contributed by atoms with van der Waals surface area (Å²) in [7, 11) is 0. The van der Waals surface area contributed by atoms with Crippen molar-refractivity contribution >= 4 is 24.0 Å². The van der Waals surface area contributed by atoms with E-state index in [4.69, 9.17) is 22.6 Å². The summed E-state index contributed by atoms with van der Waals surface area (Å²) in [4.78, 5) is 0. The van der Waals surface area contributed by atoms with Crippen LogP contribution in [-0.4, -0.2) is 0 Å². The van der Waals surface area contributed by atoms with E-state index in [9.17, 15) is 0 Å². The fraction of sp³-hybridized carbons (Fsp3) is 0.300. The molecule has 0 aliphatic carbocycles. The van der Waals surface area contributed by atoms with Crippen molar-refractivity contribution in [1.82, 2.24) is 0 Å². The Kier molecular flexibility index (Phi) is 5.56. The molecule has 0 amide bonds. The fourth-order valence-corrected chi connectivity index (χ4v) is 1.24. The molecule has 0 saturated carbocycles. The van der Waals surface area contributed by atoms with E-state index in [0.29, 0.717) is 11.4 Å². The summed E-state index contributed by atoms with van der Waals surface area (Å²) in [5.41, 5.74) is 7.68. The Morgan fingerprint density at radius 1 is 1.57 bits per heavy atom. The molecule has 76 valence electrons. The Morgan fingerprint density at radius 2 is 2.21 bits per heavy atom. The normalized spacial score (nSPS) is 11.3. The van der Waals surface area contributed by atoms with Crippen molar-refractivity contribution < 1.29 is 0 Å². The number of nitriles is 1. The lowest BCUT2D eigenvalue weighted by Crippen LogP contribution is -2.09. The van der Waals surface area contributed by atoms with Crippen molar-refractivity contribution in [2.75, 3.05) is 0 Å². The first-order valence-corrected chi connectivity index (χ1v) is 4.41. The molecule has 0 heterocycles. The Hall–Kier alpha value is -0.750. The first-order chi connectivity index (χ1) is 6.15. The quantitative estimate of drug-likeness (QED) is 0.850. The molecule has 0 saturated heterocycles. The Bertz CT molecular complexity index is 344. The van der Waals surface area contributed by atoms with Gasteiger partial charge in [0, 0.05) is 11.1 Å². The summed E-state index contributed by atoms with van der Waals surface area (Å²) >= 11 is 5.92. The molecule has 0 bridgehead atoms. The topological polar surface area (TPSA) is 49.8 Å². The zero-order valence-corrected chi connectivity index (χ0v) is 9.40. The van der Waals surface area contributed by atoms with Gasteiger partial charge in [-0.3, -0.25) is 0 Å². The van der Waals surface area contributed by atoms with Crippen molar-refractivity contribution in [2.24, 2.45) is 5.73 Å². The van der Waals surface area contributed by atoms with Crippen LogP contribution in [0.5, 0.6) is 0 Å². The summed E-state index contributed by atoms with van der Waals surface area (Å²) in [5.74, 6) is 0. The zero-order valence-electron chi connectivity index (χ0n) is 7.83. The van der Waals surface area contributed by atoms with Crippen LogP contribution >= 0.6 is 24.0 Å². The Morgan fingerprint density at radius 3 is 2.71 bits per heavy atom. The molecule has 0 fully saturated rings. The predicted molar refractivity (Wildman–Crippen MR) is 60.6 cm³/mol. The molecule has 0 aliphatic heterocycles. The number of hydrogen-bond acceptors (Lipinski definition) is 2. The van der Waals surface area contributed by atoms with E-state index in [2.05, 4.69) is 0 Å². The third-order valence-electron chi connectivity index (χ3n) is 1.94. The molecule has 1 aromatic rings. The molecule has 0 spiro atoms. The van der Waals surface area contributed by atoms with E-state index in [1.165, 1.54) is 0 Å². The van der Waals surface area contributed by atoms with Gasteiger partial charge < -0.3 is 5.73 Å². The highest BCUT2D eigenvalue weighted by atomic mass is 35.5. The lowest BCUT2D eigenvalue weighted by Gasteiger charge is -2.08. The average molecular weight is 231 g/mol. The minimum absolute atomic E-state index is 0. The van der Waals surface area contributed by atoms with Gasteiger partial charge >= 0.3 is 0 Å². The minimum Gasteiger partial charge on any atom is -0.323 e. The third-order valence-corrected chi connectivity index (χ3v) is 2.34. The Balaban J connectivity index is 0.00000169. The van der Waals surface area contributed by atoms with E-state index in [-0.39, 0.29) is 18.4 Å². The molecule has 1 aromatic carbocycles. The molecule has 2 N–H and O–H groups in total. The van der Waals surface area contributed by atoms with E-state index < -0.39 is 0 Å². The molecule has 0 aliphatic rings. The molecular formula is C10H12Cl2N2. The molecule has 14 heavy (non-hydrogen) atoms. The minimum atomic E-state index is -0.233. The van der Waals surface area contributed by atoms with Crippen LogP contribution in [0.4, 0.5) is 0 Å². The summed E-state index contributed by atoms with van der Waals surface area (Å²) in [6.07, 6.45) is 0.319. The number of benzene rings is 1. The van der Waals surface area contributed by atoms with Crippen LogP contribution in [-0.2, 0) is 0 Å². The number of nitrogens with two attached hydrogens (primary N) is 1. The van der Waals surface area contributed by atoms with Gasteiger partial charge in [-0.15, -0.1) is 12.4 Å². The Labute approximate surface area is 95.1 Å².